The lowest BCUT2D eigenvalue weighted by atomic mass is 9.83. The van der Waals surface area contributed by atoms with Crippen molar-refractivity contribution in [3.05, 3.63) is 18.1 Å². The number of hydrogen-bond donors (Lipinski definition) is 0. The van der Waals surface area contributed by atoms with Crippen LogP contribution in [0, 0.1) is 5.92 Å². The van der Waals surface area contributed by atoms with Crippen LogP contribution in [-0.4, -0.2) is 47.0 Å². The van der Waals surface area contributed by atoms with Gasteiger partial charge in [-0.3, -0.25) is 4.79 Å². The maximum Gasteiger partial charge on any atom is 0.225 e. The molecule has 0 N–H and O–H groups in total. The fraction of sp³-hybridized carbons (Fsp3) is 0.737. The largest absolute Gasteiger partial charge is 0.354 e. The van der Waals surface area contributed by atoms with Gasteiger partial charge in [0, 0.05) is 49.8 Å². The molecule has 1 aromatic heterocycles. The predicted octanol–water partition coefficient (Wildman–Crippen LogP) is 2.97. The van der Waals surface area contributed by atoms with Crippen LogP contribution in [0.5, 0.6) is 0 Å². The Morgan fingerprint density at radius 1 is 1.12 bits per heavy atom. The zero-order valence-corrected chi connectivity index (χ0v) is 14.7. The number of nitrogens with zero attached hydrogens (tertiary/aromatic N) is 4. The number of anilines is 1. The lowest BCUT2D eigenvalue weighted by molar-refractivity contribution is -0.139. The number of hydrogen-bond acceptors (Lipinski definition) is 4. The summed E-state index contributed by atoms with van der Waals surface area (Å²) < 4.78 is 0. The molecule has 0 spiro atoms. The molecule has 2 heterocycles. The van der Waals surface area contributed by atoms with Crippen molar-refractivity contribution in [2.75, 3.05) is 25.0 Å². The molecular formula is C19H28N4O. The molecule has 1 unspecified atom stereocenters. The normalized spacial score (nSPS) is 25.0. The van der Waals surface area contributed by atoms with Crippen LogP contribution in [0.4, 0.5) is 5.82 Å². The average molecular weight is 328 g/mol. The summed E-state index contributed by atoms with van der Waals surface area (Å²) in [5.41, 5.74) is 1.20. The smallest absolute Gasteiger partial charge is 0.225 e. The molecule has 24 heavy (non-hydrogen) atoms. The van der Waals surface area contributed by atoms with Gasteiger partial charge in [-0.2, -0.15) is 0 Å². The van der Waals surface area contributed by atoms with Crippen molar-refractivity contribution in [2.45, 2.75) is 63.3 Å². The van der Waals surface area contributed by atoms with E-state index in [1.807, 2.05) is 11.9 Å². The van der Waals surface area contributed by atoms with Crippen molar-refractivity contribution >= 4 is 11.7 Å². The Hall–Kier alpha value is -1.65. The highest BCUT2D eigenvalue weighted by Crippen LogP contribution is 2.36. The Labute approximate surface area is 144 Å². The van der Waals surface area contributed by atoms with Gasteiger partial charge in [0.2, 0.25) is 5.91 Å². The molecule has 3 fully saturated rings. The number of rotatable bonds is 4. The fourth-order valence-electron chi connectivity index (χ4n) is 4.06. The van der Waals surface area contributed by atoms with Crippen molar-refractivity contribution < 1.29 is 4.79 Å². The first-order chi connectivity index (χ1) is 11.7. The zero-order chi connectivity index (χ0) is 16.5. The van der Waals surface area contributed by atoms with E-state index in [-0.39, 0.29) is 5.92 Å². The summed E-state index contributed by atoms with van der Waals surface area (Å²) in [7, 11) is 1.99. The molecule has 1 amide bonds. The van der Waals surface area contributed by atoms with Crippen molar-refractivity contribution in [3.63, 3.8) is 0 Å². The first-order valence-electron chi connectivity index (χ1n) is 9.56. The topological polar surface area (TPSA) is 49.3 Å². The quantitative estimate of drug-likeness (QED) is 0.852. The van der Waals surface area contributed by atoms with Gasteiger partial charge in [0.1, 0.15) is 12.1 Å². The van der Waals surface area contributed by atoms with Crippen molar-refractivity contribution in [2.24, 2.45) is 5.92 Å². The van der Waals surface area contributed by atoms with Crippen LogP contribution in [-0.2, 0) is 4.79 Å². The summed E-state index contributed by atoms with van der Waals surface area (Å²) >= 11 is 0. The maximum atomic E-state index is 12.5. The van der Waals surface area contributed by atoms with E-state index in [1.54, 1.807) is 6.33 Å². The van der Waals surface area contributed by atoms with Crippen molar-refractivity contribution in [1.82, 2.24) is 14.9 Å². The number of aromatic nitrogens is 2. The second-order valence-electron chi connectivity index (χ2n) is 7.75. The van der Waals surface area contributed by atoms with Crippen molar-refractivity contribution in [3.8, 4) is 0 Å². The first-order valence-corrected chi connectivity index (χ1v) is 9.56. The molecule has 5 nitrogen and oxygen atoms in total. The molecule has 1 saturated heterocycles. The van der Waals surface area contributed by atoms with Crippen LogP contribution in [0.2, 0.25) is 0 Å². The molecule has 3 aliphatic rings. The maximum absolute atomic E-state index is 12.5. The van der Waals surface area contributed by atoms with E-state index in [4.69, 9.17) is 0 Å². The second kappa shape index (κ2) is 6.69. The third-order valence-corrected chi connectivity index (χ3v) is 6.27. The number of amides is 1. The van der Waals surface area contributed by atoms with Gasteiger partial charge in [0.15, 0.2) is 0 Å². The van der Waals surface area contributed by atoms with Gasteiger partial charge in [-0.05, 0) is 38.5 Å². The predicted molar refractivity (Wildman–Crippen MR) is 94.0 cm³/mol. The fourth-order valence-corrected chi connectivity index (χ4v) is 4.06. The summed E-state index contributed by atoms with van der Waals surface area (Å²) in [6.45, 7) is 1.93. The van der Waals surface area contributed by atoms with Gasteiger partial charge in [-0.1, -0.05) is 12.8 Å². The Morgan fingerprint density at radius 2 is 1.92 bits per heavy atom. The molecule has 4 rings (SSSR count). The van der Waals surface area contributed by atoms with Gasteiger partial charge in [0.05, 0.1) is 0 Å². The molecule has 1 atom stereocenters. The molecule has 1 aromatic rings. The minimum Gasteiger partial charge on any atom is -0.354 e. The Morgan fingerprint density at radius 3 is 2.58 bits per heavy atom. The standard InChI is InChI=1S/C19H28N4O/c1-22(19(24)15-7-3-8-15)16-9-4-10-23(12-16)18-11-17(20-13-21-18)14-5-2-6-14/h11,13-16H,2-10,12H2,1H3. The minimum atomic E-state index is 0.287. The van der Waals surface area contributed by atoms with E-state index in [0.29, 0.717) is 17.9 Å². The lowest BCUT2D eigenvalue weighted by Gasteiger charge is -2.40. The molecule has 2 aliphatic carbocycles. The van der Waals surface area contributed by atoms with Gasteiger partial charge in [-0.25, -0.2) is 9.97 Å². The van der Waals surface area contributed by atoms with E-state index in [9.17, 15) is 4.79 Å². The number of carbonyl (C=O) groups excluding carboxylic acids is 1. The van der Waals surface area contributed by atoms with Crippen LogP contribution < -0.4 is 4.90 Å². The molecule has 1 aliphatic heterocycles. The van der Waals surface area contributed by atoms with E-state index in [0.717, 1.165) is 44.6 Å². The minimum absolute atomic E-state index is 0.287. The molecule has 0 aromatic carbocycles. The van der Waals surface area contributed by atoms with E-state index >= 15 is 0 Å². The molecule has 0 radical (unpaired) electrons. The van der Waals surface area contributed by atoms with Gasteiger partial charge in [0.25, 0.3) is 0 Å². The third kappa shape index (κ3) is 3.01. The highest BCUT2D eigenvalue weighted by molar-refractivity contribution is 5.79. The summed E-state index contributed by atoms with van der Waals surface area (Å²) in [4.78, 5) is 25.9. The lowest BCUT2D eigenvalue weighted by Crippen LogP contribution is -2.51. The van der Waals surface area contributed by atoms with Crippen LogP contribution in [0.25, 0.3) is 0 Å². The molecule has 130 valence electrons. The Balaban J connectivity index is 1.43. The summed E-state index contributed by atoms with van der Waals surface area (Å²) in [6.07, 6.45) is 11.2. The van der Waals surface area contributed by atoms with Gasteiger partial charge >= 0.3 is 0 Å². The van der Waals surface area contributed by atoms with Crippen LogP contribution in [0.3, 0.4) is 0 Å². The van der Waals surface area contributed by atoms with Crippen LogP contribution in [0.15, 0.2) is 12.4 Å². The van der Waals surface area contributed by atoms with Gasteiger partial charge in [-0.15, -0.1) is 0 Å². The van der Waals surface area contributed by atoms with Crippen LogP contribution in [0.1, 0.15) is 63.0 Å². The number of piperidine rings is 1. The van der Waals surface area contributed by atoms with E-state index in [2.05, 4.69) is 20.9 Å². The monoisotopic (exact) mass is 328 g/mol. The summed E-state index contributed by atoms with van der Waals surface area (Å²) in [5, 5.41) is 0. The van der Waals surface area contributed by atoms with E-state index < -0.39 is 0 Å². The number of carbonyl (C=O) groups is 1. The Bertz CT molecular complexity index is 597. The summed E-state index contributed by atoms with van der Waals surface area (Å²) in [6, 6.07) is 2.49. The molecule has 2 saturated carbocycles. The molecule has 5 heteroatoms. The molecular weight excluding hydrogens is 300 g/mol. The van der Waals surface area contributed by atoms with Gasteiger partial charge < -0.3 is 9.80 Å². The average Bonchev–Trinajstić information content (AvgIpc) is 2.51. The van der Waals surface area contributed by atoms with E-state index in [1.165, 1.54) is 31.4 Å². The molecule has 0 bridgehead atoms. The Kier molecular flexibility index (Phi) is 4.42. The SMILES string of the molecule is CN(C(=O)C1CCC1)C1CCCN(c2cc(C3CCC3)ncn2)C1. The zero-order valence-electron chi connectivity index (χ0n) is 14.7. The van der Waals surface area contributed by atoms with Crippen LogP contribution >= 0.6 is 0 Å². The second-order valence-corrected chi connectivity index (χ2v) is 7.75. The highest BCUT2D eigenvalue weighted by Gasteiger charge is 2.33. The first kappa shape index (κ1) is 15.9. The number of likely N-dealkylation sites (N-methyl/N-ethyl adjacent to an activating group) is 1. The third-order valence-electron chi connectivity index (χ3n) is 6.27. The van der Waals surface area contributed by atoms with Crippen molar-refractivity contribution in [1.29, 1.82) is 0 Å². The summed E-state index contributed by atoms with van der Waals surface area (Å²) in [5.74, 6) is 2.32. The highest BCUT2D eigenvalue weighted by atomic mass is 16.2.